The molecular formula is C21H27ClN4O3. The number of carbonyl (C=O) groups is 2. The van der Waals surface area contributed by atoms with Crippen LogP contribution < -0.4 is 10.1 Å². The number of ketones is 1. The predicted molar refractivity (Wildman–Crippen MR) is 113 cm³/mol. The number of Topliss-reactive ketones (excluding diaryl/α,β-unsaturated/α-hetero) is 1. The number of nitrogens with zero attached hydrogens (tertiary/aromatic N) is 2. The molecule has 2 aromatic heterocycles. The van der Waals surface area contributed by atoms with Gasteiger partial charge in [0.1, 0.15) is 18.0 Å². The lowest BCUT2D eigenvalue weighted by Crippen LogP contribution is -2.25. The van der Waals surface area contributed by atoms with E-state index in [1.807, 2.05) is 0 Å². The Morgan fingerprint density at radius 3 is 2.83 bits per heavy atom. The number of anilines is 1. The zero-order valence-corrected chi connectivity index (χ0v) is 17.2. The van der Waals surface area contributed by atoms with Crippen molar-refractivity contribution in [3.05, 3.63) is 41.5 Å². The van der Waals surface area contributed by atoms with E-state index in [-0.39, 0.29) is 24.1 Å². The van der Waals surface area contributed by atoms with Crippen molar-refractivity contribution >= 4 is 29.8 Å². The van der Waals surface area contributed by atoms with Crippen LogP contribution in [0.5, 0.6) is 5.75 Å². The van der Waals surface area contributed by atoms with Crippen molar-refractivity contribution in [3.63, 3.8) is 0 Å². The van der Waals surface area contributed by atoms with Gasteiger partial charge in [-0.1, -0.05) is 0 Å². The number of nitrogens with one attached hydrogen (secondary N) is 2. The maximum atomic E-state index is 12.9. The van der Waals surface area contributed by atoms with E-state index in [9.17, 15) is 9.59 Å². The van der Waals surface area contributed by atoms with Crippen LogP contribution in [0.1, 0.15) is 58.5 Å². The molecule has 2 aromatic rings. The van der Waals surface area contributed by atoms with Crippen LogP contribution in [-0.2, 0) is 6.42 Å². The van der Waals surface area contributed by atoms with E-state index < -0.39 is 0 Å². The van der Waals surface area contributed by atoms with Crippen LogP contribution in [0.25, 0.3) is 0 Å². The summed E-state index contributed by atoms with van der Waals surface area (Å²) in [7, 11) is 0. The first-order valence-corrected chi connectivity index (χ1v) is 10.1. The molecule has 8 heteroatoms. The highest BCUT2D eigenvalue weighted by molar-refractivity contribution is 6.13. The number of hydrogen-bond acceptors (Lipinski definition) is 5. The van der Waals surface area contributed by atoms with Crippen molar-refractivity contribution in [2.24, 2.45) is 0 Å². The molecule has 156 valence electrons. The summed E-state index contributed by atoms with van der Waals surface area (Å²) in [6.45, 7) is 3.67. The third kappa shape index (κ3) is 4.97. The maximum absolute atomic E-state index is 12.9. The minimum Gasteiger partial charge on any atom is -0.490 e. The summed E-state index contributed by atoms with van der Waals surface area (Å²) >= 11 is 0. The zero-order chi connectivity index (χ0) is 19.3. The number of aromatic amines is 1. The van der Waals surface area contributed by atoms with Crippen molar-refractivity contribution < 1.29 is 14.3 Å². The molecule has 1 saturated heterocycles. The molecule has 3 heterocycles. The van der Waals surface area contributed by atoms with Gasteiger partial charge in [0.15, 0.2) is 5.78 Å². The fourth-order valence-corrected chi connectivity index (χ4v) is 3.96. The van der Waals surface area contributed by atoms with Crippen LogP contribution in [0, 0.1) is 0 Å². The van der Waals surface area contributed by atoms with Gasteiger partial charge in [-0.05, 0) is 45.2 Å². The lowest BCUT2D eigenvalue weighted by atomic mass is 10.0. The molecule has 0 unspecified atom stereocenters. The monoisotopic (exact) mass is 418 g/mol. The number of aryl methyl sites for hydroxylation is 1. The molecule has 1 aliphatic carbocycles. The average Bonchev–Trinajstić information content (AvgIpc) is 3.33. The Morgan fingerprint density at radius 2 is 2.00 bits per heavy atom. The van der Waals surface area contributed by atoms with E-state index in [0.29, 0.717) is 35.6 Å². The molecule has 7 nitrogen and oxygen atoms in total. The Bertz CT molecular complexity index is 861. The third-order valence-electron chi connectivity index (χ3n) is 5.46. The summed E-state index contributed by atoms with van der Waals surface area (Å²) in [6, 6.07) is 1.75. The molecule has 4 rings (SSSR count). The van der Waals surface area contributed by atoms with Crippen molar-refractivity contribution in [3.8, 4) is 5.75 Å². The molecule has 0 aromatic carbocycles. The summed E-state index contributed by atoms with van der Waals surface area (Å²) in [6.07, 6.45) is 10.5. The van der Waals surface area contributed by atoms with E-state index in [4.69, 9.17) is 4.74 Å². The first kappa shape index (κ1) is 21.3. The van der Waals surface area contributed by atoms with Gasteiger partial charge in [0.05, 0.1) is 17.3 Å². The molecule has 1 fully saturated rings. The van der Waals surface area contributed by atoms with Gasteiger partial charge in [0.25, 0.3) is 5.91 Å². The van der Waals surface area contributed by atoms with E-state index in [2.05, 4.69) is 20.2 Å². The van der Waals surface area contributed by atoms with Crippen LogP contribution in [0.4, 0.5) is 5.69 Å². The summed E-state index contributed by atoms with van der Waals surface area (Å²) in [5, 5.41) is 2.87. The minimum atomic E-state index is -0.315. The summed E-state index contributed by atoms with van der Waals surface area (Å²) in [5.41, 5.74) is 2.31. The summed E-state index contributed by atoms with van der Waals surface area (Å²) < 4.78 is 5.90. The highest BCUT2D eigenvalue weighted by Gasteiger charge is 2.25. The Labute approximate surface area is 176 Å². The van der Waals surface area contributed by atoms with Crippen molar-refractivity contribution in [2.45, 2.75) is 38.5 Å². The van der Waals surface area contributed by atoms with E-state index in [1.165, 1.54) is 12.8 Å². The van der Waals surface area contributed by atoms with Gasteiger partial charge in [0.2, 0.25) is 0 Å². The number of ether oxygens (including phenoxy) is 1. The van der Waals surface area contributed by atoms with Gasteiger partial charge in [-0.3, -0.25) is 19.5 Å². The average molecular weight is 419 g/mol. The molecular weight excluding hydrogens is 392 g/mol. The number of pyridine rings is 1. The normalized spacial score (nSPS) is 16.6. The maximum Gasteiger partial charge on any atom is 0.258 e. The molecule has 0 spiro atoms. The van der Waals surface area contributed by atoms with Crippen LogP contribution in [0.3, 0.4) is 0 Å². The van der Waals surface area contributed by atoms with Crippen molar-refractivity contribution in [1.82, 2.24) is 14.9 Å². The number of aromatic nitrogens is 2. The summed E-state index contributed by atoms with van der Waals surface area (Å²) in [4.78, 5) is 34.9. The highest BCUT2D eigenvalue weighted by Crippen LogP contribution is 2.27. The van der Waals surface area contributed by atoms with E-state index in [0.717, 1.165) is 44.6 Å². The Morgan fingerprint density at radius 1 is 1.21 bits per heavy atom. The Kier molecular flexibility index (Phi) is 7.28. The molecule has 0 saturated carbocycles. The molecule has 2 aliphatic rings. The van der Waals surface area contributed by atoms with Crippen molar-refractivity contribution in [2.75, 3.05) is 31.6 Å². The first-order valence-electron chi connectivity index (χ1n) is 10.1. The largest absolute Gasteiger partial charge is 0.490 e. The van der Waals surface area contributed by atoms with Gasteiger partial charge in [-0.2, -0.15) is 0 Å². The van der Waals surface area contributed by atoms with Gasteiger partial charge >= 0.3 is 0 Å². The second kappa shape index (κ2) is 9.89. The second-order valence-corrected chi connectivity index (χ2v) is 7.41. The first-order chi connectivity index (χ1) is 13.7. The SMILES string of the molecule is Cl.O=C(Nc1cnccc1OCCN1CCCC1)c1c[nH]c2c1C(=O)CCCC2. The Hall–Kier alpha value is -2.38. The number of H-pyrrole nitrogens is 1. The molecule has 1 amide bonds. The predicted octanol–water partition coefficient (Wildman–Crippen LogP) is 3.47. The van der Waals surface area contributed by atoms with Gasteiger partial charge in [0, 0.05) is 37.1 Å². The van der Waals surface area contributed by atoms with Gasteiger partial charge < -0.3 is 15.0 Å². The molecule has 29 heavy (non-hydrogen) atoms. The smallest absolute Gasteiger partial charge is 0.258 e. The van der Waals surface area contributed by atoms with Gasteiger partial charge in [-0.15, -0.1) is 12.4 Å². The lowest BCUT2D eigenvalue weighted by Gasteiger charge is -2.16. The quantitative estimate of drug-likeness (QED) is 0.701. The number of carbonyl (C=O) groups excluding carboxylic acids is 2. The number of fused-ring (bicyclic) bond motifs is 1. The summed E-state index contributed by atoms with van der Waals surface area (Å²) in [5.74, 6) is 0.313. The van der Waals surface area contributed by atoms with Crippen LogP contribution in [-0.4, -0.2) is 52.8 Å². The number of halogens is 1. The molecule has 0 radical (unpaired) electrons. The number of hydrogen-bond donors (Lipinski definition) is 2. The van der Waals surface area contributed by atoms with Gasteiger partial charge in [-0.25, -0.2) is 0 Å². The number of amides is 1. The number of likely N-dealkylation sites (tertiary alicyclic amines) is 1. The standard InChI is InChI=1S/C21H26N4O3.ClH/c26-18-6-2-1-5-16-20(18)15(13-23-16)21(27)24-17-14-22-8-7-19(17)28-12-11-25-9-3-4-10-25;/h7-8,13-14,23H,1-6,9-12H2,(H,24,27);1H. The minimum absolute atomic E-state index is 0. The fourth-order valence-electron chi connectivity index (χ4n) is 3.96. The van der Waals surface area contributed by atoms with E-state index >= 15 is 0 Å². The highest BCUT2D eigenvalue weighted by atomic mass is 35.5. The number of rotatable bonds is 6. The van der Waals surface area contributed by atoms with Crippen molar-refractivity contribution in [1.29, 1.82) is 0 Å². The third-order valence-corrected chi connectivity index (χ3v) is 5.46. The molecule has 0 bridgehead atoms. The molecule has 2 N–H and O–H groups in total. The molecule has 0 atom stereocenters. The fraction of sp³-hybridized carbons (Fsp3) is 0.476. The van der Waals surface area contributed by atoms with Crippen LogP contribution >= 0.6 is 12.4 Å². The van der Waals surface area contributed by atoms with Crippen LogP contribution in [0.15, 0.2) is 24.7 Å². The van der Waals surface area contributed by atoms with E-state index in [1.54, 1.807) is 24.7 Å². The Balaban J connectivity index is 0.00000240. The molecule has 1 aliphatic heterocycles. The zero-order valence-electron chi connectivity index (χ0n) is 16.4. The topological polar surface area (TPSA) is 87.3 Å². The second-order valence-electron chi connectivity index (χ2n) is 7.41. The van der Waals surface area contributed by atoms with Crippen LogP contribution in [0.2, 0.25) is 0 Å². The lowest BCUT2D eigenvalue weighted by molar-refractivity contribution is 0.0965.